The number of carbonyl (C=O) groups excluding carboxylic acids is 1. The van der Waals surface area contributed by atoms with Gasteiger partial charge in [-0.3, -0.25) is 10.1 Å². The Kier molecular flexibility index (Phi) is 3.89. The Hall–Kier alpha value is -0.610. The molecule has 1 aliphatic rings. The maximum atomic E-state index is 11.7. The van der Waals surface area contributed by atoms with Gasteiger partial charge >= 0.3 is 0 Å². The summed E-state index contributed by atoms with van der Waals surface area (Å²) in [4.78, 5) is 13.6. The molecule has 3 atom stereocenters. The molecular weight excluding hydrogens is 180 g/mol. The van der Waals surface area contributed by atoms with E-state index < -0.39 is 0 Å². The van der Waals surface area contributed by atoms with Crippen LogP contribution < -0.4 is 5.32 Å². The van der Waals surface area contributed by atoms with Crippen LogP contribution >= 0.6 is 0 Å². The Labute approximate surface area is 85.6 Å². The number of amides is 1. The van der Waals surface area contributed by atoms with E-state index in [4.69, 9.17) is 4.74 Å². The second-order valence-electron chi connectivity index (χ2n) is 4.12. The number of carbonyl (C=O) groups is 1. The molecule has 0 radical (unpaired) electrons. The molecule has 14 heavy (non-hydrogen) atoms. The number of hydrogen-bond donors (Lipinski definition) is 1. The zero-order chi connectivity index (χ0) is 10.7. The fourth-order valence-electron chi connectivity index (χ4n) is 1.88. The van der Waals surface area contributed by atoms with Crippen molar-refractivity contribution in [3.63, 3.8) is 0 Å². The summed E-state index contributed by atoms with van der Waals surface area (Å²) in [7, 11) is 1.69. The van der Waals surface area contributed by atoms with Crippen molar-refractivity contribution in [3.8, 4) is 0 Å². The van der Waals surface area contributed by atoms with Crippen molar-refractivity contribution in [1.82, 2.24) is 10.2 Å². The normalized spacial score (nSPS) is 29.7. The molecule has 0 aliphatic carbocycles. The molecular formula is C10H20N2O2. The minimum atomic E-state index is -0.0419. The topological polar surface area (TPSA) is 41.6 Å². The van der Waals surface area contributed by atoms with Crippen molar-refractivity contribution in [2.75, 3.05) is 20.3 Å². The molecule has 0 saturated carbocycles. The predicted molar refractivity (Wildman–Crippen MR) is 54.8 cm³/mol. The summed E-state index contributed by atoms with van der Waals surface area (Å²) >= 11 is 0. The summed E-state index contributed by atoms with van der Waals surface area (Å²) in [6.07, 6.45) is 0.150. The Bertz CT molecular complexity index is 208. The Morgan fingerprint density at radius 3 is 2.64 bits per heavy atom. The van der Waals surface area contributed by atoms with Crippen molar-refractivity contribution in [2.45, 2.75) is 33.0 Å². The Morgan fingerprint density at radius 2 is 2.21 bits per heavy atom. The van der Waals surface area contributed by atoms with Gasteiger partial charge in [-0.05, 0) is 19.8 Å². The van der Waals surface area contributed by atoms with E-state index in [0.717, 1.165) is 6.54 Å². The summed E-state index contributed by atoms with van der Waals surface area (Å²) in [5.41, 5.74) is 0. The van der Waals surface area contributed by atoms with Crippen molar-refractivity contribution in [1.29, 1.82) is 0 Å². The van der Waals surface area contributed by atoms with Gasteiger partial charge in [-0.1, -0.05) is 6.92 Å². The van der Waals surface area contributed by atoms with Gasteiger partial charge < -0.3 is 9.64 Å². The summed E-state index contributed by atoms with van der Waals surface area (Å²) in [5, 5.41) is 3.20. The van der Waals surface area contributed by atoms with Crippen LogP contribution in [0.2, 0.25) is 0 Å². The molecule has 1 fully saturated rings. The van der Waals surface area contributed by atoms with Crippen LogP contribution in [0.1, 0.15) is 20.8 Å². The van der Waals surface area contributed by atoms with Crippen LogP contribution in [0.4, 0.5) is 0 Å². The highest BCUT2D eigenvalue weighted by atomic mass is 16.5. The highest BCUT2D eigenvalue weighted by molar-refractivity contribution is 5.83. The zero-order valence-corrected chi connectivity index (χ0v) is 9.41. The standard InChI is InChI=1S/C10H20N2O2/c1-7(6-14-4)5-12-9(3)11-8(2)10(12)13/h7-9,11H,5-6H2,1-4H3. The lowest BCUT2D eigenvalue weighted by Crippen LogP contribution is -2.38. The van der Waals surface area contributed by atoms with Crippen LogP contribution in [0.3, 0.4) is 0 Å². The van der Waals surface area contributed by atoms with E-state index in [2.05, 4.69) is 12.2 Å². The van der Waals surface area contributed by atoms with Crippen LogP contribution in [-0.2, 0) is 9.53 Å². The largest absolute Gasteiger partial charge is 0.384 e. The van der Waals surface area contributed by atoms with E-state index in [-0.39, 0.29) is 18.1 Å². The van der Waals surface area contributed by atoms with Gasteiger partial charge in [0.1, 0.15) is 0 Å². The van der Waals surface area contributed by atoms with Crippen molar-refractivity contribution < 1.29 is 9.53 Å². The van der Waals surface area contributed by atoms with Crippen molar-refractivity contribution >= 4 is 5.91 Å². The number of hydrogen-bond acceptors (Lipinski definition) is 3. The highest BCUT2D eigenvalue weighted by Crippen LogP contribution is 2.12. The van der Waals surface area contributed by atoms with E-state index in [1.54, 1.807) is 7.11 Å². The monoisotopic (exact) mass is 200 g/mol. The third-order valence-corrected chi connectivity index (χ3v) is 2.57. The molecule has 1 rings (SSSR count). The number of ether oxygens (including phenoxy) is 1. The van der Waals surface area contributed by atoms with E-state index in [0.29, 0.717) is 12.5 Å². The number of methoxy groups -OCH3 is 1. The molecule has 1 N–H and O–H groups in total. The zero-order valence-electron chi connectivity index (χ0n) is 9.41. The third kappa shape index (κ3) is 2.45. The maximum absolute atomic E-state index is 11.7. The lowest BCUT2D eigenvalue weighted by Gasteiger charge is -2.24. The third-order valence-electron chi connectivity index (χ3n) is 2.57. The summed E-state index contributed by atoms with van der Waals surface area (Å²) in [5.74, 6) is 0.582. The van der Waals surface area contributed by atoms with Gasteiger partial charge in [0.05, 0.1) is 18.8 Å². The van der Waals surface area contributed by atoms with E-state index >= 15 is 0 Å². The molecule has 0 aromatic heterocycles. The molecule has 4 nitrogen and oxygen atoms in total. The minimum Gasteiger partial charge on any atom is -0.384 e. The first-order valence-corrected chi connectivity index (χ1v) is 5.11. The second-order valence-corrected chi connectivity index (χ2v) is 4.12. The molecule has 1 aliphatic heterocycles. The molecule has 0 aromatic rings. The van der Waals surface area contributed by atoms with Crippen molar-refractivity contribution in [3.05, 3.63) is 0 Å². The molecule has 4 heteroatoms. The maximum Gasteiger partial charge on any atom is 0.240 e. The predicted octanol–water partition coefficient (Wildman–Crippen LogP) is 0.435. The van der Waals surface area contributed by atoms with Crippen LogP contribution in [0, 0.1) is 5.92 Å². The lowest BCUT2D eigenvalue weighted by molar-refractivity contribution is -0.130. The van der Waals surface area contributed by atoms with Gasteiger partial charge in [0, 0.05) is 13.7 Å². The number of nitrogens with one attached hydrogen (secondary N) is 1. The van der Waals surface area contributed by atoms with E-state index in [9.17, 15) is 4.79 Å². The van der Waals surface area contributed by atoms with Gasteiger partial charge in [0.15, 0.2) is 0 Å². The summed E-state index contributed by atoms with van der Waals surface area (Å²) in [6, 6.07) is -0.0419. The number of nitrogens with zero attached hydrogens (tertiary/aromatic N) is 1. The van der Waals surface area contributed by atoms with Gasteiger partial charge in [-0.15, -0.1) is 0 Å². The fourth-order valence-corrected chi connectivity index (χ4v) is 1.88. The first kappa shape index (κ1) is 11.5. The van der Waals surface area contributed by atoms with E-state index in [1.807, 2.05) is 18.7 Å². The highest BCUT2D eigenvalue weighted by Gasteiger charge is 2.33. The summed E-state index contributed by atoms with van der Waals surface area (Å²) < 4.78 is 5.05. The fraction of sp³-hybridized carbons (Fsp3) is 0.900. The van der Waals surface area contributed by atoms with Crippen LogP contribution in [-0.4, -0.2) is 43.3 Å². The smallest absolute Gasteiger partial charge is 0.240 e. The summed E-state index contributed by atoms with van der Waals surface area (Å²) in [6.45, 7) is 7.48. The Balaban J connectivity index is 2.47. The molecule has 0 spiro atoms. The molecule has 1 amide bonds. The molecule has 1 saturated heterocycles. The SMILES string of the molecule is COCC(C)CN1C(=O)C(C)NC1C. The Morgan fingerprint density at radius 1 is 1.57 bits per heavy atom. The van der Waals surface area contributed by atoms with Gasteiger partial charge in [-0.2, -0.15) is 0 Å². The average Bonchev–Trinajstić information content (AvgIpc) is 2.33. The van der Waals surface area contributed by atoms with Crippen molar-refractivity contribution in [2.24, 2.45) is 5.92 Å². The molecule has 3 unspecified atom stereocenters. The molecule has 0 aromatic carbocycles. The number of rotatable bonds is 4. The molecule has 1 heterocycles. The lowest BCUT2D eigenvalue weighted by atomic mass is 10.2. The van der Waals surface area contributed by atoms with Crippen LogP contribution in [0.5, 0.6) is 0 Å². The molecule has 82 valence electrons. The first-order valence-electron chi connectivity index (χ1n) is 5.11. The van der Waals surface area contributed by atoms with Gasteiger partial charge in [0.25, 0.3) is 0 Å². The first-order chi connectivity index (χ1) is 6.56. The van der Waals surface area contributed by atoms with Gasteiger partial charge in [-0.25, -0.2) is 0 Å². The molecule has 0 bridgehead atoms. The van der Waals surface area contributed by atoms with Crippen LogP contribution in [0.25, 0.3) is 0 Å². The van der Waals surface area contributed by atoms with Gasteiger partial charge in [0.2, 0.25) is 5.91 Å². The van der Waals surface area contributed by atoms with Crippen LogP contribution in [0.15, 0.2) is 0 Å². The average molecular weight is 200 g/mol. The minimum absolute atomic E-state index is 0.0419. The second kappa shape index (κ2) is 4.75. The quantitative estimate of drug-likeness (QED) is 0.716. The van der Waals surface area contributed by atoms with E-state index in [1.165, 1.54) is 0 Å².